The first-order valence-corrected chi connectivity index (χ1v) is 8.02. The molecule has 1 amide bonds. The zero-order valence-electron chi connectivity index (χ0n) is 12.4. The van der Waals surface area contributed by atoms with E-state index in [2.05, 4.69) is 21.6 Å². The molecule has 0 radical (unpaired) electrons. The summed E-state index contributed by atoms with van der Waals surface area (Å²) in [5.74, 6) is 0.354. The summed E-state index contributed by atoms with van der Waals surface area (Å²) in [5, 5.41) is 0. The molecule has 2 aliphatic rings. The molecule has 2 fully saturated rings. The Kier molecular flexibility index (Phi) is 6.11. The highest BCUT2D eigenvalue weighted by Crippen LogP contribution is 2.11. The lowest BCUT2D eigenvalue weighted by atomic mass is 10.1. The first-order chi connectivity index (χ1) is 9.29. The van der Waals surface area contributed by atoms with Crippen molar-refractivity contribution in [2.24, 2.45) is 0 Å². The predicted molar refractivity (Wildman–Crippen MR) is 78.2 cm³/mol. The van der Waals surface area contributed by atoms with Gasteiger partial charge in [0.1, 0.15) is 0 Å². The maximum Gasteiger partial charge on any atom is 0.236 e. The number of carbonyl (C=O) groups is 1. The van der Waals surface area contributed by atoms with Gasteiger partial charge < -0.3 is 9.80 Å². The Morgan fingerprint density at radius 1 is 0.789 bits per heavy atom. The summed E-state index contributed by atoms with van der Waals surface area (Å²) in [4.78, 5) is 19.2. The molecule has 0 atom stereocenters. The second-order valence-corrected chi connectivity index (χ2v) is 5.86. The van der Waals surface area contributed by atoms with Crippen LogP contribution in [0.5, 0.6) is 0 Å². The fraction of sp³-hybridized carbons (Fsp3) is 0.933. The van der Waals surface area contributed by atoms with Gasteiger partial charge in [-0.2, -0.15) is 0 Å². The molecular formula is C15H29N3O. The molecule has 0 spiro atoms. The van der Waals surface area contributed by atoms with Crippen molar-refractivity contribution in [3.05, 3.63) is 0 Å². The number of amides is 1. The highest BCUT2D eigenvalue weighted by molar-refractivity contribution is 5.78. The van der Waals surface area contributed by atoms with Crippen molar-refractivity contribution < 1.29 is 4.79 Å². The second-order valence-electron chi connectivity index (χ2n) is 5.86. The van der Waals surface area contributed by atoms with Crippen molar-refractivity contribution in [2.75, 3.05) is 52.4 Å². The largest absolute Gasteiger partial charge is 0.342 e. The van der Waals surface area contributed by atoms with E-state index in [0.29, 0.717) is 12.5 Å². The van der Waals surface area contributed by atoms with Crippen LogP contribution in [0.4, 0.5) is 0 Å². The van der Waals surface area contributed by atoms with Gasteiger partial charge in [0, 0.05) is 39.3 Å². The Morgan fingerprint density at radius 2 is 1.32 bits per heavy atom. The zero-order chi connectivity index (χ0) is 13.5. The molecule has 0 aliphatic carbocycles. The normalized spacial score (nSPS) is 23.9. The fourth-order valence-corrected chi connectivity index (χ4v) is 3.05. The van der Waals surface area contributed by atoms with Crippen LogP contribution in [0.1, 0.15) is 39.0 Å². The minimum atomic E-state index is 0.354. The summed E-state index contributed by atoms with van der Waals surface area (Å²) in [7, 11) is 0. The molecule has 0 bridgehead atoms. The number of piperazine rings is 1. The minimum absolute atomic E-state index is 0.354. The topological polar surface area (TPSA) is 26.8 Å². The molecule has 110 valence electrons. The quantitative estimate of drug-likeness (QED) is 0.774. The average molecular weight is 267 g/mol. The van der Waals surface area contributed by atoms with Gasteiger partial charge in [0.15, 0.2) is 0 Å². The Hall–Kier alpha value is -0.610. The molecule has 0 N–H and O–H groups in total. The molecule has 2 aliphatic heterocycles. The lowest BCUT2D eigenvalue weighted by Gasteiger charge is -2.35. The van der Waals surface area contributed by atoms with E-state index in [0.717, 1.165) is 45.8 Å². The number of hydrogen-bond donors (Lipinski definition) is 0. The molecule has 0 aromatic carbocycles. The molecule has 0 unspecified atom stereocenters. The van der Waals surface area contributed by atoms with Crippen LogP contribution in [0, 0.1) is 0 Å². The molecule has 0 aromatic heterocycles. The average Bonchev–Trinajstić information content (AvgIpc) is 2.39. The van der Waals surface area contributed by atoms with Gasteiger partial charge >= 0.3 is 0 Å². The molecule has 4 nitrogen and oxygen atoms in total. The van der Waals surface area contributed by atoms with Crippen molar-refractivity contribution in [1.29, 1.82) is 0 Å². The van der Waals surface area contributed by atoms with E-state index in [1.807, 2.05) is 0 Å². The number of rotatable bonds is 3. The van der Waals surface area contributed by atoms with E-state index >= 15 is 0 Å². The SMILES string of the molecule is CCN1CCN(CC(=O)N2CCCCCCC2)CC1. The van der Waals surface area contributed by atoms with E-state index in [4.69, 9.17) is 0 Å². The van der Waals surface area contributed by atoms with E-state index in [-0.39, 0.29) is 0 Å². The summed E-state index contributed by atoms with van der Waals surface area (Å²) in [6.07, 6.45) is 6.31. The first-order valence-electron chi connectivity index (χ1n) is 8.02. The van der Waals surface area contributed by atoms with Crippen LogP contribution >= 0.6 is 0 Å². The van der Waals surface area contributed by atoms with E-state index in [1.54, 1.807) is 0 Å². The highest BCUT2D eigenvalue weighted by Gasteiger charge is 2.21. The smallest absolute Gasteiger partial charge is 0.236 e. The number of carbonyl (C=O) groups excluding carboxylic acids is 1. The Balaban J connectivity index is 1.73. The molecule has 2 rings (SSSR count). The van der Waals surface area contributed by atoms with Gasteiger partial charge in [-0.1, -0.05) is 26.2 Å². The fourth-order valence-electron chi connectivity index (χ4n) is 3.05. The number of likely N-dealkylation sites (tertiary alicyclic amines) is 1. The molecule has 2 heterocycles. The van der Waals surface area contributed by atoms with Crippen molar-refractivity contribution in [1.82, 2.24) is 14.7 Å². The van der Waals surface area contributed by atoms with Gasteiger partial charge in [-0.15, -0.1) is 0 Å². The van der Waals surface area contributed by atoms with Crippen molar-refractivity contribution in [3.8, 4) is 0 Å². The van der Waals surface area contributed by atoms with Crippen LogP contribution in [0.2, 0.25) is 0 Å². The summed E-state index contributed by atoms with van der Waals surface area (Å²) in [6, 6.07) is 0. The molecule has 2 saturated heterocycles. The summed E-state index contributed by atoms with van der Waals surface area (Å²) in [6.45, 7) is 10.3. The van der Waals surface area contributed by atoms with Crippen molar-refractivity contribution >= 4 is 5.91 Å². The maximum atomic E-state index is 12.4. The lowest BCUT2D eigenvalue weighted by Crippen LogP contribution is -2.50. The second kappa shape index (κ2) is 7.85. The Bertz CT molecular complexity index is 267. The Labute approximate surface area is 117 Å². The Morgan fingerprint density at radius 3 is 1.89 bits per heavy atom. The van der Waals surface area contributed by atoms with E-state index in [9.17, 15) is 4.79 Å². The third-order valence-electron chi connectivity index (χ3n) is 4.48. The van der Waals surface area contributed by atoms with Crippen LogP contribution in [0.15, 0.2) is 0 Å². The number of hydrogen-bond acceptors (Lipinski definition) is 3. The summed E-state index contributed by atoms with van der Waals surface area (Å²) in [5.41, 5.74) is 0. The van der Waals surface area contributed by atoms with E-state index in [1.165, 1.54) is 32.1 Å². The van der Waals surface area contributed by atoms with Crippen LogP contribution in [0.25, 0.3) is 0 Å². The molecule has 19 heavy (non-hydrogen) atoms. The minimum Gasteiger partial charge on any atom is -0.342 e. The van der Waals surface area contributed by atoms with Crippen LogP contribution in [-0.4, -0.2) is 73.0 Å². The summed E-state index contributed by atoms with van der Waals surface area (Å²) < 4.78 is 0. The van der Waals surface area contributed by atoms with Gasteiger partial charge in [-0.25, -0.2) is 0 Å². The third kappa shape index (κ3) is 4.77. The number of nitrogens with zero attached hydrogens (tertiary/aromatic N) is 3. The lowest BCUT2D eigenvalue weighted by molar-refractivity contribution is -0.133. The highest BCUT2D eigenvalue weighted by atomic mass is 16.2. The van der Waals surface area contributed by atoms with Crippen LogP contribution in [0.3, 0.4) is 0 Å². The van der Waals surface area contributed by atoms with Crippen LogP contribution in [-0.2, 0) is 4.79 Å². The van der Waals surface area contributed by atoms with Gasteiger partial charge in [0.2, 0.25) is 5.91 Å². The molecule has 0 aromatic rings. The van der Waals surface area contributed by atoms with Crippen molar-refractivity contribution in [2.45, 2.75) is 39.0 Å². The van der Waals surface area contributed by atoms with Crippen molar-refractivity contribution in [3.63, 3.8) is 0 Å². The van der Waals surface area contributed by atoms with E-state index < -0.39 is 0 Å². The van der Waals surface area contributed by atoms with Crippen LogP contribution < -0.4 is 0 Å². The maximum absolute atomic E-state index is 12.4. The first kappa shape index (κ1) is 14.8. The van der Waals surface area contributed by atoms with Gasteiger partial charge in [0.05, 0.1) is 6.54 Å². The zero-order valence-corrected chi connectivity index (χ0v) is 12.4. The van der Waals surface area contributed by atoms with Gasteiger partial charge in [-0.3, -0.25) is 9.69 Å². The third-order valence-corrected chi connectivity index (χ3v) is 4.48. The standard InChI is InChI=1S/C15H29N3O/c1-2-16-10-12-17(13-11-16)14-15(19)18-8-6-4-3-5-7-9-18/h2-14H2,1H3. The number of likely N-dealkylation sites (N-methyl/N-ethyl adjacent to an activating group) is 1. The van der Waals surface area contributed by atoms with Gasteiger partial charge in [0.25, 0.3) is 0 Å². The molecule has 4 heteroatoms. The molecular weight excluding hydrogens is 238 g/mol. The summed E-state index contributed by atoms with van der Waals surface area (Å²) >= 11 is 0. The monoisotopic (exact) mass is 267 g/mol. The predicted octanol–water partition coefficient (Wildman–Crippen LogP) is 1.42. The van der Waals surface area contributed by atoms with Gasteiger partial charge in [-0.05, 0) is 19.4 Å². The molecule has 0 saturated carbocycles.